The number of alkyl halides is 3. The molecule has 1 saturated heterocycles. The van der Waals surface area contributed by atoms with E-state index >= 15 is 0 Å². The number of nitrogens with one attached hydrogen (secondary N) is 1. The Hall–Kier alpha value is -2.78. The number of anilines is 2. The number of ether oxygens (including phenoxy) is 1. The van der Waals surface area contributed by atoms with Crippen molar-refractivity contribution in [3.8, 4) is 5.75 Å². The lowest BCUT2D eigenvalue weighted by molar-refractivity contribution is -0.137. The topological polar surface area (TPSA) is 65.0 Å². The monoisotopic (exact) mass is 449 g/mol. The van der Waals surface area contributed by atoms with Crippen LogP contribution in [-0.2, 0) is 17.4 Å². The first-order chi connectivity index (χ1) is 15.3. The second kappa shape index (κ2) is 9.38. The molecule has 4 rings (SSSR count). The number of hydrogen-bond donors (Lipinski definition) is 2. The van der Waals surface area contributed by atoms with Crippen LogP contribution in [0.25, 0.3) is 0 Å². The zero-order valence-corrected chi connectivity index (χ0v) is 17.6. The molecule has 2 aliphatic rings. The number of halogens is 3. The Bertz CT molecular complexity index is 959. The van der Waals surface area contributed by atoms with Crippen LogP contribution in [0.15, 0.2) is 42.5 Å². The van der Waals surface area contributed by atoms with Crippen LogP contribution in [0, 0.1) is 0 Å². The van der Waals surface area contributed by atoms with Gasteiger partial charge in [-0.15, -0.1) is 0 Å². The quantitative estimate of drug-likeness (QED) is 0.710. The first-order valence-corrected chi connectivity index (χ1v) is 10.7. The van der Waals surface area contributed by atoms with Crippen LogP contribution in [0.4, 0.5) is 24.5 Å². The molecule has 172 valence electrons. The van der Waals surface area contributed by atoms with Gasteiger partial charge in [-0.25, -0.2) is 0 Å². The molecule has 0 saturated carbocycles. The molecule has 1 fully saturated rings. The van der Waals surface area contributed by atoms with Crippen molar-refractivity contribution >= 4 is 17.3 Å². The summed E-state index contributed by atoms with van der Waals surface area (Å²) in [5, 5.41) is 13.2. The molecule has 6 nitrogen and oxygen atoms in total. The fourth-order valence-corrected chi connectivity index (χ4v) is 4.06. The molecular formula is C23H26F3N3O3. The van der Waals surface area contributed by atoms with Crippen LogP contribution >= 0.6 is 0 Å². The molecule has 0 spiro atoms. The molecule has 2 aromatic carbocycles. The molecule has 1 amide bonds. The number of hydrogen-bond acceptors (Lipinski definition) is 5. The molecule has 0 unspecified atom stereocenters. The van der Waals surface area contributed by atoms with Crippen molar-refractivity contribution in [2.45, 2.75) is 25.1 Å². The minimum atomic E-state index is -4.35. The highest BCUT2D eigenvalue weighted by molar-refractivity contribution is 5.94. The highest BCUT2D eigenvalue weighted by Gasteiger charge is 2.31. The van der Waals surface area contributed by atoms with Crippen LogP contribution in [0.5, 0.6) is 5.75 Å². The maximum Gasteiger partial charge on any atom is 0.416 e. The summed E-state index contributed by atoms with van der Waals surface area (Å²) in [6, 6.07) is 10.8. The maximum atomic E-state index is 13.0. The Morgan fingerprint density at radius 1 is 1.06 bits per heavy atom. The number of carbonyl (C=O) groups excluding carboxylic acids is 1. The molecule has 2 heterocycles. The molecule has 2 aromatic rings. The van der Waals surface area contributed by atoms with E-state index in [4.69, 9.17) is 4.74 Å². The Labute approximate surface area is 184 Å². The lowest BCUT2D eigenvalue weighted by Gasteiger charge is -2.37. The molecule has 9 heteroatoms. The lowest BCUT2D eigenvalue weighted by Crippen LogP contribution is -2.49. The van der Waals surface area contributed by atoms with Crippen molar-refractivity contribution in [1.29, 1.82) is 0 Å². The largest absolute Gasteiger partial charge is 0.491 e. The number of β-amino-alcohol motifs (C(OH)–C–C–N with tert-alkyl or cyclic N) is 1. The van der Waals surface area contributed by atoms with E-state index in [1.165, 1.54) is 12.1 Å². The lowest BCUT2D eigenvalue weighted by atomic mass is 10.0. The van der Waals surface area contributed by atoms with Gasteiger partial charge in [0.2, 0.25) is 5.91 Å². The Morgan fingerprint density at radius 2 is 1.84 bits per heavy atom. The minimum Gasteiger partial charge on any atom is -0.491 e. The highest BCUT2D eigenvalue weighted by Crippen LogP contribution is 2.32. The summed E-state index contributed by atoms with van der Waals surface area (Å²) in [6.07, 6.45) is -3.93. The van der Waals surface area contributed by atoms with E-state index in [0.29, 0.717) is 57.0 Å². The van der Waals surface area contributed by atoms with Gasteiger partial charge in [0.05, 0.1) is 5.56 Å². The van der Waals surface area contributed by atoms with E-state index in [1.807, 2.05) is 11.0 Å². The van der Waals surface area contributed by atoms with E-state index < -0.39 is 17.8 Å². The standard InChI is InChI=1S/C23H26F3N3O3/c24-23(25,26)17-2-1-3-18(13-17)29-10-8-28(9-11-29)14-19(30)15-32-20-5-6-21-16(12-20)4-7-22(31)27-21/h1-3,5-6,12-13,19,30H,4,7-11,14-15H2,(H,27,31)/t19-/m0/s1. The van der Waals surface area contributed by atoms with E-state index in [1.54, 1.807) is 18.2 Å². The van der Waals surface area contributed by atoms with Gasteiger partial charge in [0.25, 0.3) is 0 Å². The number of rotatable bonds is 6. The van der Waals surface area contributed by atoms with Crippen LogP contribution in [-0.4, -0.2) is 61.3 Å². The second-order valence-corrected chi connectivity index (χ2v) is 8.17. The first-order valence-electron chi connectivity index (χ1n) is 10.7. The van der Waals surface area contributed by atoms with Gasteiger partial charge in [0.1, 0.15) is 18.5 Å². The molecule has 2 N–H and O–H groups in total. The van der Waals surface area contributed by atoms with Crippen molar-refractivity contribution < 1.29 is 27.8 Å². The predicted octanol–water partition coefficient (Wildman–Crippen LogP) is 3.15. The van der Waals surface area contributed by atoms with Gasteiger partial charge in [-0.05, 0) is 48.4 Å². The van der Waals surface area contributed by atoms with Gasteiger partial charge in [-0.1, -0.05) is 6.07 Å². The van der Waals surface area contributed by atoms with Crippen molar-refractivity contribution in [2.75, 3.05) is 49.5 Å². The summed E-state index contributed by atoms with van der Waals surface area (Å²) < 4.78 is 44.6. The van der Waals surface area contributed by atoms with Gasteiger partial charge in [-0.3, -0.25) is 9.69 Å². The molecule has 0 radical (unpaired) electrons. The summed E-state index contributed by atoms with van der Waals surface area (Å²) in [6.45, 7) is 3.03. The third kappa shape index (κ3) is 5.52. The summed E-state index contributed by atoms with van der Waals surface area (Å²) in [4.78, 5) is 15.5. The number of nitrogens with zero attached hydrogens (tertiary/aromatic N) is 2. The van der Waals surface area contributed by atoms with Crippen LogP contribution < -0.4 is 15.0 Å². The maximum absolute atomic E-state index is 13.0. The van der Waals surface area contributed by atoms with Crippen molar-refractivity contribution in [2.24, 2.45) is 0 Å². The highest BCUT2D eigenvalue weighted by atomic mass is 19.4. The summed E-state index contributed by atoms with van der Waals surface area (Å²) in [5.41, 5.74) is 1.73. The normalized spacial score (nSPS) is 18.1. The second-order valence-electron chi connectivity index (χ2n) is 8.17. The van der Waals surface area contributed by atoms with Crippen LogP contribution in [0.3, 0.4) is 0 Å². The third-order valence-electron chi connectivity index (χ3n) is 5.79. The fraction of sp³-hybridized carbons (Fsp3) is 0.435. The Morgan fingerprint density at radius 3 is 2.59 bits per heavy atom. The van der Waals surface area contributed by atoms with E-state index in [9.17, 15) is 23.1 Å². The number of fused-ring (bicyclic) bond motifs is 1. The van der Waals surface area contributed by atoms with Gasteiger partial charge in [0, 0.05) is 50.5 Å². The van der Waals surface area contributed by atoms with Crippen LogP contribution in [0.1, 0.15) is 17.5 Å². The summed E-state index contributed by atoms with van der Waals surface area (Å²) in [5.74, 6) is 0.656. The van der Waals surface area contributed by atoms with Crippen molar-refractivity contribution in [3.63, 3.8) is 0 Å². The minimum absolute atomic E-state index is 0.00902. The fourth-order valence-electron chi connectivity index (χ4n) is 4.06. The summed E-state index contributed by atoms with van der Waals surface area (Å²) >= 11 is 0. The number of aryl methyl sites for hydroxylation is 1. The Kier molecular flexibility index (Phi) is 6.57. The SMILES string of the molecule is O=C1CCc2cc(OC[C@@H](O)CN3CCN(c4cccc(C(F)(F)F)c4)CC3)ccc2N1. The Balaban J connectivity index is 1.24. The van der Waals surface area contributed by atoms with Crippen molar-refractivity contribution in [1.82, 2.24) is 4.90 Å². The zero-order valence-electron chi connectivity index (χ0n) is 17.6. The molecule has 1 atom stereocenters. The number of aliphatic hydroxyl groups excluding tert-OH is 1. The van der Waals surface area contributed by atoms with Crippen LogP contribution in [0.2, 0.25) is 0 Å². The van der Waals surface area contributed by atoms with Gasteiger partial charge in [-0.2, -0.15) is 13.2 Å². The van der Waals surface area contributed by atoms with E-state index in [0.717, 1.165) is 17.3 Å². The molecule has 0 aromatic heterocycles. The first kappa shape index (κ1) is 22.4. The molecular weight excluding hydrogens is 423 g/mol. The number of aliphatic hydroxyl groups is 1. The number of piperazine rings is 1. The van der Waals surface area contributed by atoms with E-state index in [2.05, 4.69) is 10.2 Å². The number of benzene rings is 2. The number of amides is 1. The molecule has 0 aliphatic carbocycles. The smallest absolute Gasteiger partial charge is 0.416 e. The third-order valence-corrected chi connectivity index (χ3v) is 5.79. The van der Waals surface area contributed by atoms with E-state index in [-0.39, 0.29) is 12.5 Å². The molecule has 0 bridgehead atoms. The molecule has 32 heavy (non-hydrogen) atoms. The van der Waals surface area contributed by atoms with Gasteiger partial charge < -0.3 is 20.1 Å². The van der Waals surface area contributed by atoms with Gasteiger partial charge >= 0.3 is 6.18 Å². The summed E-state index contributed by atoms with van der Waals surface area (Å²) in [7, 11) is 0. The average Bonchev–Trinajstić information content (AvgIpc) is 2.78. The average molecular weight is 449 g/mol. The van der Waals surface area contributed by atoms with Gasteiger partial charge in [0.15, 0.2) is 0 Å². The predicted molar refractivity (Wildman–Crippen MR) is 115 cm³/mol. The van der Waals surface area contributed by atoms with Crippen molar-refractivity contribution in [3.05, 3.63) is 53.6 Å². The number of carbonyl (C=O) groups is 1. The molecule has 2 aliphatic heterocycles. The zero-order chi connectivity index (χ0) is 22.7.